The van der Waals surface area contributed by atoms with Crippen LogP contribution in [0.4, 0.5) is 28.9 Å². The molecule has 0 aliphatic carbocycles. The van der Waals surface area contributed by atoms with Crippen LogP contribution in [0.2, 0.25) is 0 Å². The zero-order chi connectivity index (χ0) is 25.2. The third-order valence-corrected chi connectivity index (χ3v) is 5.91. The number of para-hydroxylation sites is 1. The highest BCUT2D eigenvalue weighted by Gasteiger charge is 2.57. The minimum Gasteiger partial charge on any atom is -0.372 e. The molecular weight excluding hydrogens is 458 g/mol. The lowest BCUT2D eigenvalue weighted by Gasteiger charge is -2.31. The molecule has 0 amide bonds. The van der Waals surface area contributed by atoms with Crippen molar-refractivity contribution < 1.29 is 22.7 Å². The number of benzene rings is 3. The van der Waals surface area contributed by atoms with E-state index in [9.17, 15) is 22.7 Å². The van der Waals surface area contributed by atoms with Gasteiger partial charge in [-0.15, -0.1) is 6.58 Å². The Morgan fingerprint density at radius 1 is 1.03 bits per heavy atom. The van der Waals surface area contributed by atoms with E-state index in [1.807, 2.05) is 0 Å². The zero-order valence-corrected chi connectivity index (χ0v) is 18.6. The van der Waals surface area contributed by atoms with Crippen LogP contribution in [0.3, 0.4) is 0 Å². The Bertz CT molecular complexity index is 1380. The monoisotopic (exact) mass is 481 g/mol. The molecule has 1 unspecified atom stereocenters. The number of alkyl halides is 3. The van der Waals surface area contributed by atoms with Gasteiger partial charge in [-0.3, -0.25) is 0 Å². The fourth-order valence-corrected chi connectivity index (χ4v) is 4.13. The number of fused-ring (bicyclic) bond motifs is 1. The Labute approximate surface area is 199 Å². The number of nitrogens with one attached hydrogen (secondary N) is 2. The molecule has 35 heavy (non-hydrogen) atoms. The highest BCUT2D eigenvalue weighted by molar-refractivity contribution is 5.89. The molecule has 0 fully saturated rings. The van der Waals surface area contributed by atoms with Crippen LogP contribution in [0.25, 0.3) is 10.9 Å². The first-order chi connectivity index (χ1) is 16.7. The van der Waals surface area contributed by atoms with Crippen LogP contribution < -0.4 is 5.32 Å². The van der Waals surface area contributed by atoms with Gasteiger partial charge in [0.1, 0.15) is 5.82 Å². The number of anilines is 2. The Hall–Kier alpha value is -3.91. The molecule has 1 heterocycles. The molecule has 4 nitrogen and oxygen atoms in total. The Kier molecular flexibility index (Phi) is 6.49. The zero-order valence-electron chi connectivity index (χ0n) is 18.6. The van der Waals surface area contributed by atoms with Gasteiger partial charge in [-0.25, -0.2) is 4.39 Å². The number of hydrogen-bond donors (Lipinski definition) is 3. The Morgan fingerprint density at radius 2 is 1.74 bits per heavy atom. The van der Waals surface area contributed by atoms with E-state index in [1.165, 1.54) is 42.6 Å². The van der Waals surface area contributed by atoms with E-state index in [0.29, 0.717) is 29.9 Å². The summed E-state index contributed by atoms with van der Waals surface area (Å²) in [7, 11) is 0. The maximum absolute atomic E-state index is 14.6. The SMILES string of the molecule is C=CCCn1cc(C(O)(c2ccc(Nc3ccc(F)cc3)c(C=N)c2)C(F)(F)F)c2ccccc21. The van der Waals surface area contributed by atoms with Crippen LogP contribution in [0.5, 0.6) is 0 Å². The first-order valence-corrected chi connectivity index (χ1v) is 10.8. The number of rotatable bonds is 8. The summed E-state index contributed by atoms with van der Waals surface area (Å²) in [5.41, 5.74) is -2.50. The lowest BCUT2D eigenvalue weighted by molar-refractivity contribution is -0.247. The summed E-state index contributed by atoms with van der Waals surface area (Å²) < 4.78 is 58.7. The largest absolute Gasteiger partial charge is 0.425 e. The molecule has 1 atom stereocenters. The predicted molar refractivity (Wildman–Crippen MR) is 130 cm³/mol. The molecule has 180 valence electrons. The fourth-order valence-electron chi connectivity index (χ4n) is 4.13. The van der Waals surface area contributed by atoms with E-state index in [2.05, 4.69) is 11.9 Å². The average molecular weight is 481 g/mol. The molecular formula is C27H23F4N3O. The molecule has 3 N–H and O–H groups in total. The minimum absolute atomic E-state index is 0.130. The fraction of sp³-hybridized carbons (Fsp3) is 0.148. The van der Waals surface area contributed by atoms with Crippen molar-refractivity contribution in [2.24, 2.45) is 0 Å². The molecule has 0 spiro atoms. The van der Waals surface area contributed by atoms with Crippen LogP contribution in [-0.4, -0.2) is 22.1 Å². The van der Waals surface area contributed by atoms with Gasteiger partial charge in [0.25, 0.3) is 0 Å². The number of aryl methyl sites for hydroxylation is 1. The molecule has 0 bridgehead atoms. The summed E-state index contributed by atoms with van der Waals surface area (Å²) in [5, 5.41) is 22.4. The maximum atomic E-state index is 14.6. The van der Waals surface area contributed by atoms with Gasteiger partial charge < -0.3 is 20.4 Å². The van der Waals surface area contributed by atoms with E-state index >= 15 is 0 Å². The lowest BCUT2D eigenvalue weighted by Crippen LogP contribution is -2.43. The molecule has 0 saturated carbocycles. The second kappa shape index (κ2) is 9.38. The lowest BCUT2D eigenvalue weighted by atomic mass is 9.84. The molecule has 4 aromatic rings. The molecule has 8 heteroatoms. The molecule has 0 aliphatic heterocycles. The second-order valence-corrected chi connectivity index (χ2v) is 8.12. The van der Waals surface area contributed by atoms with E-state index in [1.54, 1.807) is 34.9 Å². The maximum Gasteiger partial charge on any atom is 0.425 e. The third-order valence-electron chi connectivity index (χ3n) is 5.91. The standard InChI is InChI=1S/C27H23F4N3O/c1-2-3-14-34-17-23(22-6-4-5-7-25(22)34)26(35,27(29,30)31)19-8-13-24(18(15-19)16-32)33-21-11-9-20(28)10-12-21/h2,4-13,15-17,32-33,35H,1,3,14H2. The molecule has 1 aromatic heterocycles. The molecule has 0 radical (unpaired) electrons. The van der Waals surface area contributed by atoms with Gasteiger partial charge in [0, 0.05) is 52.4 Å². The normalized spacial score (nSPS) is 13.4. The van der Waals surface area contributed by atoms with Gasteiger partial charge in [0.05, 0.1) is 0 Å². The summed E-state index contributed by atoms with van der Waals surface area (Å²) >= 11 is 0. The van der Waals surface area contributed by atoms with Gasteiger partial charge >= 0.3 is 6.18 Å². The van der Waals surface area contributed by atoms with Gasteiger partial charge in [-0.1, -0.05) is 30.3 Å². The van der Waals surface area contributed by atoms with Crippen molar-refractivity contribution in [2.45, 2.75) is 24.7 Å². The molecule has 3 aromatic carbocycles. The molecule has 0 saturated heterocycles. The number of nitrogens with zero attached hydrogens (tertiary/aromatic N) is 1. The number of aromatic nitrogens is 1. The molecule has 0 aliphatic rings. The van der Waals surface area contributed by atoms with Gasteiger partial charge in [-0.05, 0) is 54.4 Å². The highest BCUT2D eigenvalue weighted by Crippen LogP contribution is 2.47. The first-order valence-electron chi connectivity index (χ1n) is 10.8. The van der Waals surface area contributed by atoms with Crippen molar-refractivity contribution in [1.82, 2.24) is 4.57 Å². The van der Waals surface area contributed by atoms with Gasteiger partial charge in [0.2, 0.25) is 5.60 Å². The Balaban J connectivity index is 1.86. The number of halogens is 4. The van der Waals surface area contributed by atoms with Crippen molar-refractivity contribution >= 4 is 28.5 Å². The summed E-state index contributed by atoms with van der Waals surface area (Å²) in [5.74, 6) is -0.430. The average Bonchev–Trinajstić information content (AvgIpc) is 3.22. The quantitative estimate of drug-likeness (QED) is 0.146. The smallest absolute Gasteiger partial charge is 0.372 e. The minimum atomic E-state index is -5.05. The number of hydrogen-bond acceptors (Lipinski definition) is 3. The van der Waals surface area contributed by atoms with Gasteiger partial charge in [0.15, 0.2) is 0 Å². The summed E-state index contributed by atoms with van der Waals surface area (Å²) in [6.45, 7) is 4.08. The summed E-state index contributed by atoms with van der Waals surface area (Å²) in [4.78, 5) is 0. The van der Waals surface area contributed by atoms with E-state index in [0.717, 1.165) is 12.3 Å². The van der Waals surface area contributed by atoms with Crippen molar-refractivity contribution in [2.75, 3.05) is 5.32 Å². The van der Waals surface area contributed by atoms with Crippen LogP contribution in [0, 0.1) is 11.2 Å². The van der Waals surface area contributed by atoms with E-state index in [-0.39, 0.29) is 16.5 Å². The van der Waals surface area contributed by atoms with Crippen molar-refractivity contribution in [1.29, 1.82) is 5.41 Å². The topological polar surface area (TPSA) is 61.0 Å². The predicted octanol–water partition coefficient (Wildman–Crippen LogP) is 6.90. The second-order valence-electron chi connectivity index (χ2n) is 8.12. The van der Waals surface area contributed by atoms with Crippen molar-refractivity contribution in [3.05, 3.63) is 108 Å². The van der Waals surface area contributed by atoms with Crippen LogP contribution >= 0.6 is 0 Å². The van der Waals surface area contributed by atoms with Gasteiger partial charge in [-0.2, -0.15) is 13.2 Å². The molecule has 4 rings (SSSR count). The Morgan fingerprint density at radius 3 is 2.40 bits per heavy atom. The van der Waals surface area contributed by atoms with E-state index in [4.69, 9.17) is 5.41 Å². The first kappa shape index (κ1) is 24.2. The number of aliphatic hydroxyl groups is 1. The third kappa shape index (κ3) is 4.44. The van der Waals surface area contributed by atoms with E-state index < -0.39 is 23.2 Å². The van der Waals surface area contributed by atoms with Crippen molar-refractivity contribution in [3.63, 3.8) is 0 Å². The summed E-state index contributed by atoms with van der Waals surface area (Å²) in [6.07, 6.45) is -0.598. The van der Waals surface area contributed by atoms with Crippen LogP contribution in [0.1, 0.15) is 23.1 Å². The van der Waals surface area contributed by atoms with Crippen LogP contribution in [-0.2, 0) is 12.1 Å². The number of allylic oxidation sites excluding steroid dienone is 1. The summed E-state index contributed by atoms with van der Waals surface area (Å²) in [6, 6.07) is 15.7. The highest BCUT2D eigenvalue weighted by atomic mass is 19.4. The van der Waals surface area contributed by atoms with Crippen molar-refractivity contribution in [3.8, 4) is 0 Å². The van der Waals surface area contributed by atoms with Crippen LogP contribution in [0.15, 0.2) is 85.6 Å².